The van der Waals surface area contributed by atoms with E-state index in [9.17, 15) is 0 Å². The summed E-state index contributed by atoms with van der Waals surface area (Å²) in [5, 5.41) is 14.0. The van der Waals surface area contributed by atoms with Crippen LogP contribution in [0, 0.1) is 0 Å². The number of guanidine groups is 1. The molecule has 0 radical (unpaired) electrons. The van der Waals surface area contributed by atoms with Crippen molar-refractivity contribution in [1.82, 2.24) is 10.2 Å². The Morgan fingerprint density at radius 1 is 1.29 bits per heavy atom. The number of nitrogens with two attached hydrogens (primary N) is 2. The summed E-state index contributed by atoms with van der Waals surface area (Å²) in [4.78, 5) is 0. The maximum Gasteiger partial charge on any atom is 0.211 e. The maximum atomic E-state index is 5.19. The number of nitrogens with one attached hydrogen (secondary N) is 1. The first kappa shape index (κ1) is 10.9. The summed E-state index contributed by atoms with van der Waals surface area (Å²) in [6.45, 7) is 0. The predicted octanol–water partition coefficient (Wildman–Crippen LogP) is 0.684. The summed E-state index contributed by atoms with van der Waals surface area (Å²) in [6.07, 6.45) is 5.16. The molecule has 0 saturated carbocycles. The van der Waals surface area contributed by atoms with E-state index in [-0.39, 0.29) is 5.96 Å². The number of aromatic amines is 1. The molecule has 0 spiro atoms. The lowest BCUT2D eigenvalue weighted by molar-refractivity contribution is 1.09. The summed E-state index contributed by atoms with van der Waals surface area (Å²) >= 11 is 0. The standard InChI is InChI=1S/C11H12N6/c12-11(13)17-16-5-8-3-1-2-4-10(8)9-6-14-15-7-9/h1-7H,(H,14,15)(H4,12,13,17). The molecule has 2 rings (SSSR count). The highest BCUT2D eigenvalue weighted by Crippen LogP contribution is 2.20. The van der Waals surface area contributed by atoms with Crippen molar-refractivity contribution in [2.24, 2.45) is 21.7 Å². The van der Waals surface area contributed by atoms with Crippen LogP contribution in [0.1, 0.15) is 5.56 Å². The van der Waals surface area contributed by atoms with Crippen LogP contribution in [0.4, 0.5) is 0 Å². The fourth-order valence-electron chi connectivity index (χ4n) is 1.43. The first-order valence-corrected chi connectivity index (χ1v) is 4.97. The van der Waals surface area contributed by atoms with Crippen molar-refractivity contribution in [1.29, 1.82) is 0 Å². The Morgan fingerprint density at radius 2 is 2.12 bits per heavy atom. The van der Waals surface area contributed by atoms with Gasteiger partial charge in [0.15, 0.2) is 0 Å². The van der Waals surface area contributed by atoms with Crippen LogP contribution in [0.5, 0.6) is 0 Å². The third-order valence-corrected chi connectivity index (χ3v) is 2.14. The Morgan fingerprint density at radius 3 is 2.82 bits per heavy atom. The first-order chi connectivity index (χ1) is 8.27. The molecule has 0 fully saturated rings. The third kappa shape index (κ3) is 2.69. The molecular formula is C11H12N6. The topological polar surface area (TPSA) is 105 Å². The van der Waals surface area contributed by atoms with Crippen LogP contribution < -0.4 is 11.5 Å². The van der Waals surface area contributed by atoms with Gasteiger partial charge in [-0.3, -0.25) is 5.10 Å². The van der Waals surface area contributed by atoms with Gasteiger partial charge in [-0.1, -0.05) is 24.3 Å². The Bertz CT molecular complexity index is 537. The van der Waals surface area contributed by atoms with Crippen LogP contribution >= 0.6 is 0 Å². The number of benzene rings is 1. The van der Waals surface area contributed by atoms with Gasteiger partial charge in [0.1, 0.15) is 0 Å². The average molecular weight is 228 g/mol. The van der Waals surface area contributed by atoms with Gasteiger partial charge < -0.3 is 11.5 Å². The van der Waals surface area contributed by atoms with E-state index in [4.69, 9.17) is 11.5 Å². The van der Waals surface area contributed by atoms with Gasteiger partial charge >= 0.3 is 0 Å². The summed E-state index contributed by atoms with van der Waals surface area (Å²) in [5.74, 6) is -0.0676. The molecule has 0 aliphatic rings. The predicted molar refractivity (Wildman–Crippen MR) is 67.4 cm³/mol. The summed E-state index contributed by atoms with van der Waals surface area (Å²) < 4.78 is 0. The highest BCUT2D eigenvalue weighted by molar-refractivity contribution is 5.90. The largest absolute Gasteiger partial charge is 0.369 e. The highest BCUT2D eigenvalue weighted by Gasteiger charge is 2.02. The van der Waals surface area contributed by atoms with E-state index < -0.39 is 0 Å². The van der Waals surface area contributed by atoms with Crippen LogP contribution in [0.15, 0.2) is 46.9 Å². The van der Waals surface area contributed by atoms with Crippen molar-refractivity contribution >= 4 is 12.2 Å². The van der Waals surface area contributed by atoms with E-state index in [0.717, 1.165) is 16.7 Å². The van der Waals surface area contributed by atoms with Crippen molar-refractivity contribution < 1.29 is 0 Å². The first-order valence-electron chi connectivity index (χ1n) is 4.97. The van der Waals surface area contributed by atoms with Gasteiger partial charge in [-0.05, 0) is 5.56 Å². The number of aromatic nitrogens is 2. The third-order valence-electron chi connectivity index (χ3n) is 2.14. The molecule has 1 heterocycles. The van der Waals surface area contributed by atoms with E-state index in [0.29, 0.717) is 0 Å². The van der Waals surface area contributed by atoms with Gasteiger partial charge in [-0.2, -0.15) is 10.2 Å². The lowest BCUT2D eigenvalue weighted by atomic mass is 10.0. The molecule has 0 atom stereocenters. The molecule has 0 aliphatic heterocycles. The van der Waals surface area contributed by atoms with Crippen molar-refractivity contribution in [2.75, 3.05) is 0 Å². The minimum atomic E-state index is -0.0676. The molecule has 0 unspecified atom stereocenters. The molecule has 5 N–H and O–H groups in total. The normalized spacial score (nSPS) is 10.6. The lowest BCUT2D eigenvalue weighted by Crippen LogP contribution is -2.21. The monoisotopic (exact) mass is 228 g/mol. The van der Waals surface area contributed by atoms with Gasteiger partial charge in [0.2, 0.25) is 5.96 Å². The average Bonchev–Trinajstić information content (AvgIpc) is 2.82. The molecule has 17 heavy (non-hydrogen) atoms. The van der Waals surface area contributed by atoms with Gasteiger partial charge in [0, 0.05) is 17.3 Å². The molecule has 1 aromatic carbocycles. The van der Waals surface area contributed by atoms with Crippen LogP contribution in [0.2, 0.25) is 0 Å². The van der Waals surface area contributed by atoms with E-state index in [1.165, 1.54) is 0 Å². The minimum Gasteiger partial charge on any atom is -0.369 e. The Balaban J connectivity index is 2.35. The SMILES string of the molecule is NC(N)=NN=Cc1ccccc1-c1cn[nH]c1. The summed E-state index contributed by atoms with van der Waals surface area (Å²) in [7, 11) is 0. The number of rotatable bonds is 3. The van der Waals surface area contributed by atoms with E-state index in [1.807, 2.05) is 30.5 Å². The second-order valence-corrected chi connectivity index (χ2v) is 3.34. The molecule has 0 bridgehead atoms. The fourth-order valence-corrected chi connectivity index (χ4v) is 1.43. The summed E-state index contributed by atoms with van der Waals surface area (Å²) in [5.41, 5.74) is 13.3. The van der Waals surface area contributed by atoms with Gasteiger partial charge in [-0.25, -0.2) is 0 Å². The summed E-state index contributed by atoms with van der Waals surface area (Å²) in [6, 6.07) is 7.76. The number of hydrogen-bond acceptors (Lipinski definition) is 3. The van der Waals surface area contributed by atoms with E-state index in [2.05, 4.69) is 20.4 Å². The molecule has 0 aliphatic carbocycles. The fraction of sp³-hybridized carbons (Fsp3) is 0. The van der Waals surface area contributed by atoms with Crippen molar-refractivity contribution in [3.63, 3.8) is 0 Å². The Kier molecular flexibility index (Phi) is 3.15. The molecule has 1 aromatic heterocycles. The molecule has 6 nitrogen and oxygen atoms in total. The Labute approximate surface area is 98.1 Å². The molecule has 0 saturated heterocycles. The van der Waals surface area contributed by atoms with Gasteiger partial charge in [0.05, 0.1) is 12.4 Å². The second kappa shape index (κ2) is 4.93. The zero-order valence-corrected chi connectivity index (χ0v) is 9.04. The number of hydrogen-bond donors (Lipinski definition) is 3. The molecular weight excluding hydrogens is 216 g/mol. The smallest absolute Gasteiger partial charge is 0.211 e. The van der Waals surface area contributed by atoms with Crippen molar-refractivity contribution in [3.8, 4) is 11.1 Å². The quantitative estimate of drug-likeness (QED) is 0.408. The van der Waals surface area contributed by atoms with Crippen molar-refractivity contribution in [2.45, 2.75) is 0 Å². The van der Waals surface area contributed by atoms with Gasteiger partial charge in [0.25, 0.3) is 0 Å². The highest BCUT2D eigenvalue weighted by atomic mass is 15.3. The lowest BCUT2D eigenvalue weighted by Gasteiger charge is -2.01. The number of H-pyrrole nitrogens is 1. The van der Waals surface area contributed by atoms with Crippen LogP contribution in [0.3, 0.4) is 0 Å². The molecule has 0 amide bonds. The van der Waals surface area contributed by atoms with Crippen LogP contribution in [0.25, 0.3) is 11.1 Å². The minimum absolute atomic E-state index is 0.0676. The molecule has 6 heteroatoms. The molecule has 2 aromatic rings. The molecule has 86 valence electrons. The van der Waals surface area contributed by atoms with Crippen molar-refractivity contribution in [3.05, 3.63) is 42.2 Å². The zero-order valence-electron chi connectivity index (χ0n) is 9.04. The van der Waals surface area contributed by atoms with Crippen LogP contribution in [-0.4, -0.2) is 22.4 Å². The Hall–Kier alpha value is -2.63. The second-order valence-electron chi connectivity index (χ2n) is 3.34. The van der Waals surface area contributed by atoms with E-state index in [1.54, 1.807) is 12.4 Å². The van der Waals surface area contributed by atoms with Crippen LogP contribution in [-0.2, 0) is 0 Å². The van der Waals surface area contributed by atoms with E-state index >= 15 is 0 Å². The zero-order chi connectivity index (χ0) is 12.1. The number of nitrogens with zero attached hydrogens (tertiary/aromatic N) is 3. The van der Waals surface area contributed by atoms with Gasteiger partial charge in [-0.15, -0.1) is 5.10 Å². The maximum absolute atomic E-state index is 5.19.